The van der Waals surface area contributed by atoms with Gasteiger partial charge in [0.2, 0.25) is 0 Å². The summed E-state index contributed by atoms with van der Waals surface area (Å²) in [6.45, 7) is 0.380. The monoisotopic (exact) mass is 262 g/mol. The molecule has 0 saturated heterocycles. The van der Waals surface area contributed by atoms with E-state index in [9.17, 15) is 0 Å². The van der Waals surface area contributed by atoms with Gasteiger partial charge in [-0.25, -0.2) is 0 Å². The molecular weight excluding hydrogens is 250 g/mol. The average molecular weight is 263 g/mol. The number of hydrogen-bond donors (Lipinski definition) is 2. The minimum atomic E-state index is -1.49. The molecule has 5 heteroatoms. The zero-order valence-electron chi connectivity index (χ0n) is 9.58. The van der Waals surface area contributed by atoms with Gasteiger partial charge in [-0.3, -0.25) is 0 Å². The SMILES string of the molecule is OB(O)c1cccc(OCc2cccc(Cl)c2)c1. The van der Waals surface area contributed by atoms with Crippen molar-refractivity contribution in [3.63, 3.8) is 0 Å². The fourth-order valence-electron chi connectivity index (χ4n) is 1.56. The topological polar surface area (TPSA) is 49.7 Å². The molecule has 0 amide bonds. The summed E-state index contributed by atoms with van der Waals surface area (Å²) >= 11 is 5.87. The Morgan fingerprint density at radius 2 is 1.83 bits per heavy atom. The first-order chi connectivity index (χ1) is 8.65. The molecular formula is C13H12BClO3. The fourth-order valence-corrected chi connectivity index (χ4v) is 1.77. The molecule has 0 heterocycles. The van der Waals surface area contributed by atoms with Gasteiger partial charge in [0.05, 0.1) is 0 Å². The van der Waals surface area contributed by atoms with Crippen LogP contribution < -0.4 is 10.2 Å². The predicted octanol–water partition coefficient (Wildman–Crippen LogP) is 1.60. The van der Waals surface area contributed by atoms with E-state index in [4.69, 9.17) is 26.4 Å². The maximum atomic E-state index is 9.05. The van der Waals surface area contributed by atoms with E-state index in [0.29, 0.717) is 22.8 Å². The van der Waals surface area contributed by atoms with Crippen LogP contribution in [0, 0.1) is 0 Å². The molecule has 0 spiro atoms. The van der Waals surface area contributed by atoms with E-state index in [-0.39, 0.29) is 0 Å². The largest absolute Gasteiger partial charge is 0.489 e. The summed E-state index contributed by atoms with van der Waals surface area (Å²) < 4.78 is 5.56. The summed E-state index contributed by atoms with van der Waals surface area (Å²) in [7, 11) is -1.49. The molecule has 0 aliphatic carbocycles. The molecule has 0 bridgehead atoms. The van der Waals surface area contributed by atoms with Crippen LogP contribution in [0.4, 0.5) is 0 Å². The van der Waals surface area contributed by atoms with E-state index in [1.54, 1.807) is 30.3 Å². The molecule has 2 aromatic carbocycles. The van der Waals surface area contributed by atoms with Crippen molar-refractivity contribution in [1.29, 1.82) is 0 Å². The Morgan fingerprint density at radius 3 is 2.56 bits per heavy atom. The highest BCUT2D eigenvalue weighted by Gasteiger charge is 2.10. The van der Waals surface area contributed by atoms with Crippen molar-refractivity contribution in [1.82, 2.24) is 0 Å². The van der Waals surface area contributed by atoms with Crippen molar-refractivity contribution < 1.29 is 14.8 Å². The van der Waals surface area contributed by atoms with Crippen molar-refractivity contribution in [2.75, 3.05) is 0 Å². The van der Waals surface area contributed by atoms with Gasteiger partial charge in [-0.05, 0) is 35.3 Å². The highest BCUT2D eigenvalue weighted by atomic mass is 35.5. The third-order valence-electron chi connectivity index (χ3n) is 2.45. The minimum absolute atomic E-state index is 0.380. The summed E-state index contributed by atoms with van der Waals surface area (Å²) in [6, 6.07) is 14.1. The van der Waals surface area contributed by atoms with Crippen LogP contribution in [-0.4, -0.2) is 17.2 Å². The molecule has 2 N–H and O–H groups in total. The van der Waals surface area contributed by atoms with Crippen LogP contribution in [0.2, 0.25) is 5.02 Å². The number of halogens is 1. The Balaban J connectivity index is 2.04. The molecule has 0 fully saturated rings. The first kappa shape index (κ1) is 13.0. The van der Waals surface area contributed by atoms with E-state index in [2.05, 4.69) is 0 Å². The van der Waals surface area contributed by atoms with Gasteiger partial charge in [-0.2, -0.15) is 0 Å². The summed E-state index contributed by atoms with van der Waals surface area (Å²) in [5.41, 5.74) is 1.36. The highest BCUT2D eigenvalue weighted by molar-refractivity contribution is 6.58. The third-order valence-corrected chi connectivity index (χ3v) is 2.69. The number of benzene rings is 2. The van der Waals surface area contributed by atoms with Gasteiger partial charge in [-0.1, -0.05) is 35.9 Å². The molecule has 0 aromatic heterocycles. The number of ether oxygens (including phenoxy) is 1. The van der Waals surface area contributed by atoms with Crippen LogP contribution in [0.3, 0.4) is 0 Å². The van der Waals surface area contributed by atoms with E-state index >= 15 is 0 Å². The van der Waals surface area contributed by atoms with E-state index in [0.717, 1.165) is 5.56 Å². The molecule has 0 saturated carbocycles. The molecule has 2 rings (SSSR count). The Hall–Kier alpha value is -1.49. The zero-order valence-corrected chi connectivity index (χ0v) is 10.3. The Kier molecular flexibility index (Phi) is 4.26. The first-order valence-electron chi connectivity index (χ1n) is 5.48. The van der Waals surface area contributed by atoms with Crippen LogP contribution in [0.15, 0.2) is 48.5 Å². The van der Waals surface area contributed by atoms with Crippen LogP contribution in [0.25, 0.3) is 0 Å². The quantitative estimate of drug-likeness (QED) is 0.823. The molecule has 0 unspecified atom stereocenters. The van der Waals surface area contributed by atoms with Crippen LogP contribution in [0.1, 0.15) is 5.56 Å². The van der Waals surface area contributed by atoms with Crippen LogP contribution in [0.5, 0.6) is 5.75 Å². The van der Waals surface area contributed by atoms with Gasteiger partial charge in [0.15, 0.2) is 0 Å². The molecule has 0 aliphatic rings. The first-order valence-corrected chi connectivity index (χ1v) is 5.86. The zero-order chi connectivity index (χ0) is 13.0. The van der Waals surface area contributed by atoms with E-state index < -0.39 is 7.12 Å². The van der Waals surface area contributed by atoms with E-state index in [1.807, 2.05) is 18.2 Å². The van der Waals surface area contributed by atoms with Crippen molar-refractivity contribution in [2.45, 2.75) is 6.61 Å². The maximum Gasteiger partial charge on any atom is 0.488 e. The third kappa shape index (κ3) is 3.50. The summed E-state index contributed by atoms with van der Waals surface area (Å²) in [5, 5.41) is 18.8. The molecule has 92 valence electrons. The Labute approximate surface area is 111 Å². The van der Waals surface area contributed by atoms with Gasteiger partial charge in [-0.15, -0.1) is 0 Å². The molecule has 2 aromatic rings. The predicted molar refractivity (Wildman–Crippen MR) is 72.1 cm³/mol. The van der Waals surface area contributed by atoms with Gasteiger partial charge in [0, 0.05) is 5.02 Å². The van der Waals surface area contributed by atoms with Crippen molar-refractivity contribution in [3.05, 3.63) is 59.1 Å². The lowest BCUT2D eigenvalue weighted by molar-refractivity contribution is 0.306. The van der Waals surface area contributed by atoms with Crippen LogP contribution >= 0.6 is 11.6 Å². The van der Waals surface area contributed by atoms with Gasteiger partial charge >= 0.3 is 7.12 Å². The second kappa shape index (κ2) is 5.91. The van der Waals surface area contributed by atoms with Gasteiger partial charge in [0.1, 0.15) is 12.4 Å². The fraction of sp³-hybridized carbons (Fsp3) is 0.0769. The lowest BCUT2D eigenvalue weighted by Crippen LogP contribution is -2.29. The number of hydrogen-bond acceptors (Lipinski definition) is 3. The summed E-state index contributed by atoms with van der Waals surface area (Å²) in [5.74, 6) is 0.584. The van der Waals surface area contributed by atoms with E-state index in [1.165, 1.54) is 0 Å². The molecule has 3 nitrogen and oxygen atoms in total. The molecule has 0 aliphatic heterocycles. The lowest BCUT2D eigenvalue weighted by Gasteiger charge is -2.08. The number of rotatable bonds is 4. The van der Waals surface area contributed by atoms with Gasteiger partial charge < -0.3 is 14.8 Å². The Morgan fingerprint density at radius 1 is 1.06 bits per heavy atom. The smallest absolute Gasteiger partial charge is 0.488 e. The van der Waals surface area contributed by atoms with Gasteiger partial charge in [0.25, 0.3) is 0 Å². The maximum absolute atomic E-state index is 9.05. The minimum Gasteiger partial charge on any atom is -0.489 e. The Bertz CT molecular complexity index is 531. The normalized spacial score (nSPS) is 10.2. The van der Waals surface area contributed by atoms with Crippen LogP contribution in [-0.2, 0) is 6.61 Å². The van der Waals surface area contributed by atoms with Crippen molar-refractivity contribution >= 4 is 24.2 Å². The van der Waals surface area contributed by atoms with Crippen molar-refractivity contribution in [2.24, 2.45) is 0 Å². The second-order valence-corrected chi connectivity index (χ2v) is 4.30. The van der Waals surface area contributed by atoms with Crippen molar-refractivity contribution in [3.8, 4) is 5.75 Å². The summed E-state index contributed by atoms with van der Waals surface area (Å²) in [6.07, 6.45) is 0. The lowest BCUT2D eigenvalue weighted by atomic mass is 9.80. The average Bonchev–Trinajstić information content (AvgIpc) is 2.37. The summed E-state index contributed by atoms with van der Waals surface area (Å²) in [4.78, 5) is 0. The highest BCUT2D eigenvalue weighted by Crippen LogP contribution is 2.14. The molecule has 18 heavy (non-hydrogen) atoms. The standard InChI is InChI=1S/C13H12BClO3/c15-12-5-1-3-10(7-12)9-18-13-6-2-4-11(8-13)14(16)17/h1-8,16-17H,9H2. The molecule has 0 atom stereocenters. The molecule has 0 radical (unpaired) electrons. The second-order valence-electron chi connectivity index (χ2n) is 3.86.